The monoisotopic (exact) mass is 504 g/mol. The first kappa shape index (κ1) is 22.3. The highest BCUT2D eigenvalue weighted by Gasteiger charge is 2.18. The van der Waals surface area contributed by atoms with Crippen LogP contribution in [0.3, 0.4) is 0 Å². The van der Waals surface area contributed by atoms with Gasteiger partial charge in [-0.1, -0.05) is 23.6 Å². The maximum Gasteiger partial charge on any atom is 0.274 e. The average molecular weight is 505 g/mol. The molecule has 0 unspecified atom stereocenters. The molecule has 0 saturated heterocycles. The van der Waals surface area contributed by atoms with Crippen molar-refractivity contribution in [3.05, 3.63) is 64.1 Å². The summed E-state index contributed by atoms with van der Waals surface area (Å²) in [6.07, 6.45) is 2.94. The van der Waals surface area contributed by atoms with Gasteiger partial charge in [0.15, 0.2) is 5.65 Å². The van der Waals surface area contributed by atoms with Crippen LogP contribution < -0.4 is 10.5 Å². The van der Waals surface area contributed by atoms with Crippen LogP contribution in [0.2, 0.25) is 5.15 Å². The number of nitrogens with one attached hydrogen (secondary N) is 1. The molecule has 0 bridgehead atoms. The van der Waals surface area contributed by atoms with E-state index in [1.807, 2.05) is 12.3 Å². The van der Waals surface area contributed by atoms with Crippen molar-refractivity contribution in [3.63, 3.8) is 0 Å². The van der Waals surface area contributed by atoms with Crippen molar-refractivity contribution < 1.29 is 13.2 Å². The number of nitrogens with zero attached hydrogens (tertiary/aromatic N) is 4. The Bertz CT molecular complexity index is 1520. The molecule has 4 heterocycles. The lowest BCUT2D eigenvalue weighted by Crippen LogP contribution is -2.17. The highest BCUT2D eigenvalue weighted by atomic mass is 35.5. The normalized spacial score (nSPS) is 11.2. The van der Waals surface area contributed by atoms with Crippen LogP contribution >= 0.6 is 34.7 Å². The predicted octanol–water partition coefficient (Wildman–Crippen LogP) is 2.86. The van der Waals surface area contributed by atoms with Gasteiger partial charge in [-0.05, 0) is 36.4 Å². The summed E-state index contributed by atoms with van der Waals surface area (Å²) in [6, 6.07) is 8.13. The largest absolute Gasteiger partial charge is 0.320 e. The second-order valence-corrected chi connectivity index (χ2v) is 10.2. The zero-order valence-electron chi connectivity index (χ0n) is 16.2. The van der Waals surface area contributed by atoms with Crippen LogP contribution in [0, 0.1) is 11.8 Å². The van der Waals surface area contributed by atoms with E-state index in [4.69, 9.17) is 16.7 Å². The third-order valence-corrected chi connectivity index (χ3v) is 7.39. The summed E-state index contributed by atoms with van der Waals surface area (Å²) in [4.78, 5) is 16.3. The van der Waals surface area contributed by atoms with Gasteiger partial charge in [0.25, 0.3) is 5.91 Å². The second kappa shape index (κ2) is 8.89. The van der Waals surface area contributed by atoms with E-state index in [0.717, 1.165) is 10.4 Å². The van der Waals surface area contributed by atoms with Gasteiger partial charge in [0.05, 0.1) is 9.90 Å². The number of amides is 1. The van der Waals surface area contributed by atoms with Crippen molar-refractivity contribution in [2.75, 3.05) is 11.6 Å². The number of thiophene rings is 1. The molecule has 32 heavy (non-hydrogen) atoms. The molecule has 4 aromatic heterocycles. The number of rotatable bonds is 4. The summed E-state index contributed by atoms with van der Waals surface area (Å²) >= 11 is 9.23. The maximum atomic E-state index is 12.6. The van der Waals surface area contributed by atoms with E-state index in [-0.39, 0.29) is 22.0 Å². The number of sulfonamides is 1. The Morgan fingerprint density at radius 2 is 2.09 bits per heavy atom. The topological polar surface area (TPSA) is 132 Å². The number of carbonyl (C=O) groups excluding carboxylic acids is 1. The number of halogens is 1. The molecule has 9 nitrogen and oxygen atoms in total. The van der Waals surface area contributed by atoms with Gasteiger partial charge in [-0.25, -0.2) is 18.5 Å². The molecule has 0 saturated carbocycles. The average Bonchev–Trinajstić information content (AvgIpc) is 3.38. The minimum absolute atomic E-state index is 0.00780. The molecule has 0 atom stereocenters. The van der Waals surface area contributed by atoms with E-state index >= 15 is 0 Å². The summed E-state index contributed by atoms with van der Waals surface area (Å²) in [7, 11) is -4.14. The number of thioether (sulfide) groups is 1. The van der Waals surface area contributed by atoms with Crippen molar-refractivity contribution in [2.45, 2.75) is 9.10 Å². The maximum absolute atomic E-state index is 12.6. The predicted molar refractivity (Wildman–Crippen MR) is 124 cm³/mol. The molecule has 4 rings (SSSR count). The molecule has 0 fully saturated rings. The van der Waals surface area contributed by atoms with Crippen molar-refractivity contribution in [1.29, 1.82) is 0 Å². The highest BCUT2D eigenvalue weighted by Crippen LogP contribution is 2.27. The smallest absolute Gasteiger partial charge is 0.274 e. The molecule has 0 aliphatic heterocycles. The summed E-state index contributed by atoms with van der Waals surface area (Å²) in [6.45, 7) is 0. The van der Waals surface area contributed by atoms with Crippen molar-refractivity contribution in [2.24, 2.45) is 5.14 Å². The Labute approximate surface area is 196 Å². The van der Waals surface area contributed by atoms with Gasteiger partial charge >= 0.3 is 0 Å². The number of fused-ring (bicyclic) bond motifs is 1. The standard InChI is InChI=1S/C19H13ClN6O3S3/c1-30-18-8-12(10-31-18)23-19(27)13-7-11(14(9-22-13)32(21,28)29)5-6-17-25-24-16-4-2-3-15(20)26(16)17/h2-4,7-10H,1H3,(H,23,27)(H2,21,28,29). The van der Waals surface area contributed by atoms with E-state index in [1.165, 1.54) is 21.8 Å². The second-order valence-electron chi connectivity index (χ2n) is 6.24. The molecule has 0 aromatic carbocycles. The molecule has 1 amide bonds. The fraction of sp³-hybridized carbons (Fsp3) is 0.0526. The first-order valence-electron chi connectivity index (χ1n) is 8.74. The molecule has 0 spiro atoms. The molecular formula is C19H13ClN6O3S3. The van der Waals surface area contributed by atoms with Crippen LogP contribution in [-0.2, 0) is 10.0 Å². The van der Waals surface area contributed by atoms with Crippen LogP contribution in [0.4, 0.5) is 5.69 Å². The zero-order valence-corrected chi connectivity index (χ0v) is 19.4. The number of nitrogens with two attached hydrogens (primary N) is 1. The zero-order chi connectivity index (χ0) is 22.9. The van der Waals surface area contributed by atoms with Crippen LogP contribution in [-0.4, -0.2) is 40.2 Å². The molecule has 0 radical (unpaired) electrons. The van der Waals surface area contributed by atoms with Crippen molar-refractivity contribution in [3.8, 4) is 11.8 Å². The molecule has 162 valence electrons. The lowest BCUT2D eigenvalue weighted by atomic mass is 10.2. The number of hydrogen-bond donors (Lipinski definition) is 2. The molecule has 0 aliphatic carbocycles. The Morgan fingerprint density at radius 3 is 2.81 bits per heavy atom. The minimum atomic E-state index is -4.14. The number of aromatic nitrogens is 4. The Balaban J connectivity index is 1.73. The van der Waals surface area contributed by atoms with E-state index in [2.05, 4.69) is 32.3 Å². The van der Waals surface area contributed by atoms with E-state index in [1.54, 1.807) is 35.3 Å². The van der Waals surface area contributed by atoms with Gasteiger partial charge in [0.2, 0.25) is 15.8 Å². The number of carbonyl (C=O) groups is 1. The summed E-state index contributed by atoms with van der Waals surface area (Å²) < 4.78 is 26.5. The van der Waals surface area contributed by atoms with E-state index in [9.17, 15) is 13.2 Å². The van der Waals surface area contributed by atoms with Gasteiger partial charge in [-0.2, -0.15) is 0 Å². The van der Waals surface area contributed by atoms with Gasteiger partial charge in [-0.3, -0.25) is 9.20 Å². The summed E-state index contributed by atoms with van der Waals surface area (Å²) in [5, 5.41) is 18.1. The fourth-order valence-electron chi connectivity index (χ4n) is 2.68. The highest BCUT2D eigenvalue weighted by molar-refractivity contribution is 8.00. The van der Waals surface area contributed by atoms with Crippen LogP contribution in [0.25, 0.3) is 5.65 Å². The molecule has 0 aliphatic rings. The number of primary sulfonamides is 1. The SMILES string of the molecule is CSc1cc(NC(=O)c2cc(C#Cc3nnc4cccc(Cl)n34)c(S(N)(=O)=O)cn2)cs1. The van der Waals surface area contributed by atoms with Gasteiger partial charge in [-0.15, -0.1) is 33.3 Å². The molecular weight excluding hydrogens is 492 g/mol. The van der Waals surface area contributed by atoms with E-state index in [0.29, 0.717) is 16.5 Å². The Morgan fingerprint density at radius 1 is 1.28 bits per heavy atom. The quantitative estimate of drug-likeness (QED) is 0.248. The number of anilines is 1. The van der Waals surface area contributed by atoms with E-state index < -0.39 is 15.9 Å². The molecule has 4 aromatic rings. The third kappa shape index (κ3) is 4.62. The van der Waals surface area contributed by atoms with Crippen molar-refractivity contribution >= 4 is 62.0 Å². The molecule has 13 heteroatoms. The van der Waals surface area contributed by atoms with Crippen molar-refractivity contribution in [1.82, 2.24) is 19.6 Å². The minimum Gasteiger partial charge on any atom is -0.320 e. The van der Waals surface area contributed by atoms with Gasteiger partial charge < -0.3 is 5.32 Å². The Kier molecular flexibility index (Phi) is 6.18. The van der Waals surface area contributed by atoms with Gasteiger partial charge in [0.1, 0.15) is 15.7 Å². The third-order valence-electron chi connectivity index (χ3n) is 4.13. The Hall–Kier alpha value is -2.95. The summed E-state index contributed by atoms with van der Waals surface area (Å²) in [5.41, 5.74) is 1.05. The number of pyridine rings is 2. The first-order chi connectivity index (χ1) is 15.3. The van der Waals surface area contributed by atoms with Crippen LogP contribution in [0.15, 0.2) is 51.0 Å². The molecule has 3 N–H and O–H groups in total. The van der Waals surface area contributed by atoms with Gasteiger partial charge in [0, 0.05) is 17.1 Å². The van der Waals surface area contributed by atoms with Crippen LogP contribution in [0.1, 0.15) is 21.9 Å². The first-order valence-corrected chi connectivity index (χ1v) is 12.8. The lowest BCUT2D eigenvalue weighted by Gasteiger charge is -2.06. The fourth-order valence-corrected chi connectivity index (χ4v) is 4.88. The number of hydrogen-bond acceptors (Lipinski definition) is 8. The van der Waals surface area contributed by atoms with Crippen LogP contribution in [0.5, 0.6) is 0 Å². The lowest BCUT2D eigenvalue weighted by molar-refractivity contribution is 0.102. The summed E-state index contributed by atoms with van der Waals surface area (Å²) in [5.74, 6) is 5.11.